The molecule has 0 unspecified atom stereocenters. The average Bonchev–Trinajstić information content (AvgIpc) is 2.71. The van der Waals surface area contributed by atoms with Gasteiger partial charge >= 0.3 is 6.09 Å². The van der Waals surface area contributed by atoms with Gasteiger partial charge in [-0.1, -0.05) is 0 Å². The van der Waals surface area contributed by atoms with Crippen LogP contribution in [0.15, 0.2) is 12.4 Å². The van der Waals surface area contributed by atoms with Crippen molar-refractivity contribution in [2.45, 2.75) is 52.3 Å². The minimum absolute atomic E-state index is 0.212. The van der Waals surface area contributed by atoms with Gasteiger partial charge in [0, 0.05) is 49.9 Å². The number of hydrogen-bond acceptors (Lipinski definition) is 4. The van der Waals surface area contributed by atoms with Gasteiger partial charge in [-0.3, -0.25) is 4.68 Å². The SMILES string of the molecule is C[C@H](N[C@H](C)c1cnn(C)c1)C1CN(C(=O)OC(C)(C)C)C1. The topological polar surface area (TPSA) is 59.4 Å². The van der Waals surface area contributed by atoms with E-state index in [1.54, 1.807) is 4.90 Å². The van der Waals surface area contributed by atoms with Crippen LogP contribution in [0.1, 0.15) is 46.2 Å². The third kappa shape index (κ3) is 4.22. The highest BCUT2D eigenvalue weighted by Crippen LogP contribution is 2.24. The molecule has 6 heteroatoms. The van der Waals surface area contributed by atoms with Crippen LogP contribution in [0.4, 0.5) is 4.79 Å². The molecular weight excluding hydrogens is 280 g/mol. The molecule has 1 aliphatic rings. The van der Waals surface area contributed by atoms with Gasteiger partial charge in [-0.2, -0.15) is 5.10 Å². The Kier molecular flexibility index (Phi) is 4.80. The lowest BCUT2D eigenvalue weighted by Crippen LogP contribution is -2.57. The number of ether oxygens (including phenoxy) is 1. The molecule has 6 nitrogen and oxygen atoms in total. The Hall–Kier alpha value is -1.56. The van der Waals surface area contributed by atoms with Gasteiger partial charge in [0.1, 0.15) is 5.60 Å². The molecule has 2 rings (SSSR count). The van der Waals surface area contributed by atoms with Crippen molar-refractivity contribution in [1.29, 1.82) is 0 Å². The Balaban J connectivity index is 1.77. The van der Waals surface area contributed by atoms with Gasteiger partial charge in [-0.05, 0) is 34.6 Å². The van der Waals surface area contributed by atoms with Crippen LogP contribution in [0.5, 0.6) is 0 Å². The maximum absolute atomic E-state index is 11.9. The fraction of sp³-hybridized carbons (Fsp3) is 0.750. The summed E-state index contributed by atoms with van der Waals surface area (Å²) >= 11 is 0. The molecule has 0 aromatic carbocycles. The van der Waals surface area contributed by atoms with Gasteiger partial charge in [-0.25, -0.2) is 4.79 Å². The summed E-state index contributed by atoms with van der Waals surface area (Å²) < 4.78 is 7.19. The lowest BCUT2D eigenvalue weighted by atomic mass is 9.92. The minimum Gasteiger partial charge on any atom is -0.444 e. The van der Waals surface area contributed by atoms with Crippen LogP contribution >= 0.6 is 0 Å². The molecule has 1 amide bonds. The van der Waals surface area contributed by atoms with Gasteiger partial charge in [0.15, 0.2) is 0 Å². The molecule has 0 radical (unpaired) electrons. The number of amides is 1. The van der Waals surface area contributed by atoms with E-state index in [9.17, 15) is 4.79 Å². The first kappa shape index (κ1) is 16.8. The van der Waals surface area contributed by atoms with Crippen LogP contribution in [-0.4, -0.2) is 45.5 Å². The average molecular weight is 308 g/mol. The predicted molar refractivity (Wildman–Crippen MR) is 85.5 cm³/mol. The molecule has 1 fully saturated rings. The molecule has 2 heterocycles. The highest BCUT2D eigenvalue weighted by molar-refractivity contribution is 5.69. The molecule has 0 saturated carbocycles. The summed E-state index contributed by atoms with van der Waals surface area (Å²) in [4.78, 5) is 13.7. The van der Waals surface area contributed by atoms with Crippen molar-refractivity contribution in [2.75, 3.05) is 13.1 Å². The number of nitrogens with zero attached hydrogens (tertiary/aromatic N) is 3. The second-order valence-electron chi connectivity index (χ2n) is 7.27. The van der Waals surface area contributed by atoms with E-state index in [0.717, 1.165) is 13.1 Å². The van der Waals surface area contributed by atoms with Crippen LogP contribution in [0.2, 0.25) is 0 Å². The van der Waals surface area contributed by atoms with Crippen molar-refractivity contribution in [2.24, 2.45) is 13.0 Å². The Labute approximate surface area is 132 Å². The number of nitrogens with one attached hydrogen (secondary N) is 1. The van der Waals surface area contributed by atoms with Crippen LogP contribution in [0.3, 0.4) is 0 Å². The maximum Gasteiger partial charge on any atom is 0.410 e. The van der Waals surface area contributed by atoms with Crippen molar-refractivity contribution in [3.05, 3.63) is 18.0 Å². The zero-order valence-electron chi connectivity index (χ0n) is 14.5. The van der Waals surface area contributed by atoms with Gasteiger partial charge in [0.05, 0.1) is 6.20 Å². The summed E-state index contributed by atoms with van der Waals surface area (Å²) in [6.07, 6.45) is 3.70. The zero-order chi connectivity index (χ0) is 16.5. The minimum atomic E-state index is -0.430. The lowest BCUT2D eigenvalue weighted by molar-refractivity contribution is -0.00622. The molecule has 0 bridgehead atoms. The molecule has 0 aliphatic carbocycles. The van der Waals surface area contributed by atoms with Gasteiger partial charge in [0.2, 0.25) is 0 Å². The normalized spacial score (nSPS) is 18.7. The van der Waals surface area contributed by atoms with Crippen molar-refractivity contribution >= 4 is 6.09 Å². The monoisotopic (exact) mass is 308 g/mol. The first-order valence-electron chi connectivity index (χ1n) is 7.88. The predicted octanol–water partition coefficient (Wildman–Crippen LogP) is 2.33. The van der Waals surface area contributed by atoms with E-state index < -0.39 is 5.60 Å². The molecule has 1 aromatic heterocycles. The van der Waals surface area contributed by atoms with E-state index in [1.807, 2.05) is 44.9 Å². The van der Waals surface area contributed by atoms with E-state index >= 15 is 0 Å². The standard InChI is InChI=1S/C16H28N4O2/c1-11(13-7-17-19(6)8-13)18-12(2)14-9-20(10-14)15(21)22-16(3,4)5/h7-8,11-12,14,18H,9-10H2,1-6H3/t11-,12+/m1/s1. The highest BCUT2D eigenvalue weighted by Gasteiger charge is 2.36. The Morgan fingerprint density at radius 3 is 2.55 bits per heavy atom. The van der Waals surface area contributed by atoms with Crippen LogP contribution in [0, 0.1) is 5.92 Å². The molecule has 1 aliphatic heterocycles. The van der Waals surface area contributed by atoms with Crippen molar-refractivity contribution in [1.82, 2.24) is 20.0 Å². The summed E-state index contributed by atoms with van der Waals surface area (Å²) in [6.45, 7) is 11.5. The van der Waals surface area contributed by atoms with E-state index in [0.29, 0.717) is 12.0 Å². The summed E-state index contributed by atoms with van der Waals surface area (Å²) in [5.74, 6) is 0.464. The van der Waals surface area contributed by atoms with E-state index in [2.05, 4.69) is 24.3 Å². The smallest absolute Gasteiger partial charge is 0.410 e. The molecular formula is C16H28N4O2. The Morgan fingerprint density at radius 1 is 1.41 bits per heavy atom. The largest absolute Gasteiger partial charge is 0.444 e. The van der Waals surface area contributed by atoms with Crippen molar-refractivity contribution in [3.8, 4) is 0 Å². The number of rotatable bonds is 4. The van der Waals surface area contributed by atoms with Gasteiger partial charge < -0.3 is 15.0 Å². The number of aryl methyl sites for hydroxylation is 1. The van der Waals surface area contributed by atoms with Gasteiger partial charge in [0.25, 0.3) is 0 Å². The number of likely N-dealkylation sites (tertiary alicyclic amines) is 1. The van der Waals surface area contributed by atoms with E-state index in [-0.39, 0.29) is 12.1 Å². The lowest BCUT2D eigenvalue weighted by Gasteiger charge is -2.43. The van der Waals surface area contributed by atoms with E-state index in [4.69, 9.17) is 4.74 Å². The number of carbonyl (C=O) groups excluding carboxylic acids is 1. The quantitative estimate of drug-likeness (QED) is 0.927. The van der Waals surface area contributed by atoms with Crippen molar-refractivity contribution < 1.29 is 9.53 Å². The number of aromatic nitrogens is 2. The fourth-order valence-electron chi connectivity index (χ4n) is 2.59. The summed E-state index contributed by atoms with van der Waals surface area (Å²) in [6, 6.07) is 0.591. The molecule has 124 valence electrons. The van der Waals surface area contributed by atoms with Crippen LogP contribution in [0.25, 0.3) is 0 Å². The van der Waals surface area contributed by atoms with E-state index in [1.165, 1.54) is 5.56 Å². The summed E-state index contributed by atoms with van der Waals surface area (Å²) in [5, 5.41) is 7.79. The Bertz CT molecular complexity index is 514. The second-order valence-corrected chi connectivity index (χ2v) is 7.27. The highest BCUT2D eigenvalue weighted by atomic mass is 16.6. The zero-order valence-corrected chi connectivity index (χ0v) is 14.5. The summed E-state index contributed by atoms with van der Waals surface area (Å²) in [7, 11) is 1.92. The fourth-order valence-corrected chi connectivity index (χ4v) is 2.59. The maximum atomic E-state index is 11.9. The first-order chi connectivity index (χ1) is 10.2. The van der Waals surface area contributed by atoms with Crippen LogP contribution < -0.4 is 5.32 Å². The molecule has 1 saturated heterocycles. The third-order valence-corrected chi connectivity index (χ3v) is 4.01. The third-order valence-electron chi connectivity index (χ3n) is 4.01. The second kappa shape index (κ2) is 6.28. The first-order valence-corrected chi connectivity index (χ1v) is 7.88. The number of carbonyl (C=O) groups is 1. The Morgan fingerprint density at radius 2 is 2.05 bits per heavy atom. The molecule has 22 heavy (non-hydrogen) atoms. The molecule has 1 aromatic rings. The number of hydrogen-bond donors (Lipinski definition) is 1. The van der Waals surface area contributed by atoms with Crippen molar-refractivity contribution in [3.63, 3.8) is 0 Å². The molecule has 0 spiro atoms. The van der Waals surface area contributed by atoms with Crippen LogP contribution in [-0.2, 0) is 11.8 Å². The summed E-state index contributed by atoms with van der Waals surface area (Å²) in [5.41, 5.74) is 0.749. The van der Waals surface area contributed by atoms with Gasteiger partial charge in [-0.15, -0.1) is 0 Å². The molecule has 2 atom stereocenters. The molecule has 1 N–H and O–H groups in total.